The maximum absolute atomic E-state index is 13.1. The Bertz CT molecular complexity index is 1480. The quantitative estimate of drug-likeness (QED) is 0.230. The van der Waals surface area contributed by atoms with Crippen LogP contribution in [0.4, 0.5) is 0 Å². The van der Waals surface area contributed by atoms with Crippen LogP contribution in [0.1, 0.15) is 82.1 Å². The SMILES string of the molecule is C[C@@H](NC(=O)c1nc(C(C)(C)C)no1)c1ccc(OB(O)O)cc1CO[Si](c1ccccc1)(c1ccccc1)C(C)(C)C. The Labute approximate surface area is 254 Å². The number of carbonyl (C=O) groups excluding carboxylic acids is 1. The minimum atomic E-state index is -2.90. The summed E-state index contributed by atoms with van der Waals surface area (Å²) in [6, 6.07) is 25.2. The number of nitrogens with one attached hydrogen (secondary N) is 1. The lowest BCUT2D eigenvalue weighted by Gasteiger charge is -2.43. The fourth-order valence-electron chi connectivity index (χ4n) is 5.23. The first-order chi connectivity index (χ1) is 20.2. The summed E-state index contributed by atoms with van der Waals surface area (Å²) in [5.74, 6) is 0.0736. The molecule has 11 heteroatoms. The second-order valence-corrected chi connectivity index (χ2v) is 16.9. The Morgan fingerprint density at radius 1 is 0.953 bits per heavy atom. The lowest BCUT2D eigenvalue weighted by atomic mass is 9.96. The maximum atomic E-state index is 13.1. The molecule has 1 heterocycles. The van der Waals surface area contributed by atoms with Crippen molar-refractivity contribution in [2.75, 3.05) is 0 Å². The highest BCUT2D eigenvalue weighted by Crippen LogP contribution is 2.38. The van der Waals surface area contributed by atoms with Crippen LogP contribution in [-0.4, -0.2) is 41.7 Å². The van der Waals surface area contributed by atoms with Crippen molar-refractivity contribution in [2.45, 2.75) is 71.6 Å². The van der Waals surface area contributed by atoms with E-state index in [0.717, 1.165) is 21.5 Å². The summed E-state index contributed by atoms with van der Waals surface area (Å²) < 4.78 is 17.6. The van der Waals surface area contributed by atoms with Gasteiger partial charge < -0.3 is 29.0 Å². The standard InChI is InChI=1S/C32H40BN3O6Si/c1-22(34-28(37)29-35-30(36-42-29)31(2,3)4)27-19-18-24(41-33(38)39)20-23(27)21-40-43(32(5,6)7,25-14-10-8-11-15-25)26-16-12-9-13-17-26/h8-20,22,38-39H,21H2,1-7H3,(H,34,37)/t22-/m1/s1. The van der Waals surface area contributed by atoms with E-state index < -0.39 is 27.6 Å². The third-order valence-electron chi connectivity index (χ3n) is 7.32. The lowest BCUT2D eigenvalue weighted by Crippen LogP contribution is -2.66. The van der Waals surface area contributed by atoms with E-state index in [1.165, 1.54) is 0 Å². The van der Waals surface area contributed by atoms with E-state index in [2.05, 4.69) is 60.5 Å². The van der Waals surface area contributed by atoms with Gasteiger partial charge in [0.25, 0.3) is 8.32 Å². The molecule has 43 heavy (non-hydrogen) atoms. The van der Waals surface area contributed by atoms with Gasteiger partial charge in [-0.2, -0.15) is 4.98 Å². The number of carbonyl (C=O) groups is 1. The van der Waals surface area contributed by atoms with E-state index in [1.54, 1.807) is 18.2 Å². The first kappa shape index (κ1) is 32.2. The number of amides is 1. The number of benzene rings is 3. The van der Waals surface area contributed by atoms with Crippen molar-refractivity contribution in [1.29, 1.82) is 0 Å². The van der Waals surface area contributed by atoms with Crippen molar-refractivity contribution in [3.63, 3.8) is 0 Å². The van der Waals surface area contributed by atoms with Crippen LogP contribution in [0.5, 0.6) is 5.75 Å². The fraction of sp³-hybridized carbons (Fsp3) is 0.344. The first-order valence-corrected chi connectivity index (χ1v) is 16.2. The van der Waals surface area contributed by atoms with E-state index in [-0.39, 0.29) is 28.7 Å². The molecule has 3 N–H and O–H groups in total. The van der Waals surface area contributed by atoms with Gasteiger partial charge >= 0.3 is 19.1 Å². The van der Waals surface area contributed by atoms with Gasteiger partial charge in [0, 0.05) is 5.41 Å². The average molecular weight is 602 g/mol. The summed E-state index contributed by atoms with van der Waals surface area (Å²) in [5, 5.41) is 27.8. The van der Waals surface area contributed by atoms with E-state index >= 15 is 0 Å². The zero-order valence-electron chi connectivity index (χ0n) is 25.8. The number of nitrogens with zero attached hydrogens (tertiary/aromatic N) is 2. The normalized spacial score (nSPS) is 13.0. The van der Waals surface area contributed by atoms with Gasteiger partial charge in [-0.05, 0) is 45.6 Å². The van der Waals surface area contributed by atoms with Gasteiger partial charge in [0.2, 0.25) is 0 Å². The molecule has 1 atom stereocenters. The van der Waals surface area contributed by atoms with Crippen molar-refractivity contribution in [2.24, 2.45) is 0 Å². The maximum Gasteiger partial charge on any atom is 0.707 e. The van der Waals surface area contributed by atoms with Crippen molar-refractivity contribution in [3.8, 4) is 5.75 Å². The summed E-state index contributed by atoms with van der Waals surface area (Å²) >= 11 is 0. The minimum absolute atomic E-state index is 0.120. The minimum Gasteiger partial charge on any atom is -0.512 e. The van der Waals surface area contributed by atoms with Gasteiger partial charge in [-0.3, -0.25) is 4.79 Å². The molecule has 4 aromatic rings. The fourth-order valence-corrected chi connectivity index (χ4v) is 9.76. The Hall–Kier alpha value is -3.77. The van der Waals surface area contributed by atoms with E-state index in [9.17, 15) is 14.8 Å². The molecule has 0 saturated heterocycles. The second-order valence-electron chi connectivity index (χ2n) is 12.6. The van der Waals surface area contributed by atoms with Crippen molar-refractivity contribution in [3.05, 3.63) is 102 Å². The molecule has 0 spiro atoms. The third-order valence-corrected chi connectivity index (χ3v) is 12.3. The molecule has 0 bridgehead atoms. The van der Waals surface area contributed by atoms with E-state index in [1.807, 2.05) is 64.1 Å². The topological polar surface area (TPSA) is 127 Å². The molecule has 0 unspecified atom stereocenters. The Kier molecular flexibility index (Phi) is 9.60. The van der Waals surface area contributed by atoms with Crippen LogP contribution in [0.25, 0.3) is 0 Å². The smallest absolute Gasteiger partial charge is 0.512 e. The Balaban J connectivity index is 1.72. The first-order valence-electron chi connectivity index (χ1n) is 14.3. The van der Waals surface area contributed by atoms with E-state index in [0.29, 0.717) is 5.82 Å². The molecule has 0 aliphatic carbocycles. The molecule has 9 nitrogen and oxygen atoms in total. The number of hydrogen-bond donors (Lipinski definition) is 3. The van der Waals surface area contributed by atoms with Gasteiger partial charge in [0.15, 0.2) is 5.82 Å². The zero-order valence-corrected chi connectivity index (χ0v) is 26.8. The number of rotatable bonds is 10. The van der Waals surface area contributed by atoms with Crippen LogP contribution in [-0.2, 0) is 16.4 Å². The largest absolute Gasteiger partial charge is 0.707 e. The Morgan fingerprint density at radius 3 is 2.02 bits per heavy atom. The van der Waals surface area contributed by atoms with Crippen molar-refractivity contribution < 1.29 is 28.4 Å². The predicted molar refractivity (Wildman–Crippen MR) is 169 cm³/mol. The molecule has 0 aliphatic rings. The van der Waals surface area contributed by atoms with Gasteiger partial charge in [-0.25, -0.2) is 0 Å². The molecular weight excluding hydrogens is 561 g/mol. The van der Waals surface area contributed by atoms with Gasteiger partial charge in [-0.15, -0.1) is 0 Å². The predicted octanol–water partition coefficient (Wildman–Crippen LogP) is 4.28. The molecule has 226 valence electrons. The lowest BCUT2D eigenvalue weighted by molar-refractivity contribution is 0.0895. The molecule has 3 aromatic carbocycles. The molecular formula is C32H40BN3O6Si. The Morgan fingerprint density at radius 2 is 1.53 bits per heavy atom. The summed E-state index contributed by atoms with van der Waals surface area (Å²) in [6.07, 6.45) is 0. The number of hydrogen-bond acceptors (Lipinski definition) is 8. The van der Waals surface area contributed by atoms with Crippen molar-refractivity contribution >= 4 is 31.9 Å². The summed E-state index contributed by atoms with van der Waals surface area (Å²) in [6.45, 7) is 14.4. The second kappa shape index (κ2) is 12.8. The molecule has 0 saturated carbocycles. The average Bonchev–Trinajstić information content (AvgIpc) is 3.45. The third kappa shape index (κ3) is 7.24. The number of aromatic nitrogens is 2. The molecule has 0 aliphatic heterocycles. The van der Waals surface area contributed by atoms with Gasteiger partial charge in [-0.1, -0.05) is 113 Å². The molecule has 1 aromatic heterocycles. The van der Waals surface area contributed by atoms with Crippen LogP contribution < -0.4 is 20.3 Å². The summed E-state index contributed by atoms with van der Waals surface area (Å²) in [5.41, 5.74) is 1.12. The van der Waals surface area contributed by atoms with Gasteiger partial charge in [0.05, 0.1) is 12.6 Å². The molecule has 0 fully saturated rings. The van der Waals surface area contributed by atoms with Crippen LogP contribution in [0.3, 0.4) is 0 Å². The van der Waals surface area contributed by atoms with Gasteiger partial charge in [0.1, 0.15) is 5.75 Å². The highest BCUT2D eigenvalue weighted by atomic mass is 28.4. The monoisotopic (exact) mass is 601 g/mol. The van der Waals surface area contributed by atoms with Crippen LogP contribution >= 0.6 is 0 Å². The zero-order chi connectivity index (χ0) is 31.4. The van der Waals surface area contributed by atoms with E-state index in [4.69, 9.17) is 13.6 Å². The molecule has 1 amide bonds. The highest BCUT2D eigenvalue weighted by molar-refractivity contribution is 6.99. The van der Waals surface area contributed by atoms with Crippen molar-refractivity contribution in [1.82, 2.24) is 15.5 Å². The summed E-state index contributed by atoms with van der Waals surface area (Å²) in [7, 11) is -4.88. The van der Waals surface area contributed by atoms with Crippen LogP contribution in [0.15, 0.2) is 83.4 Å². The molecule has 0 radical (unpaired) electrons. The molecule has 4 rings (SSSR count). The summed E-state index contributed by atoms with van der Waals surface area (Å²) in [4.78, 5) is 17.4. The van der Waals surface area contributed by atoms with Crippen LogP contribution in [0.2, 0.25) is 5.04 Å². The highest BCUT2D eigenvalue weighted by Gasteiger charge is 2.50. The van der Waals surface area contributed by atoms with Crippen LogP contribution in [0, 0.1) is 0 Å².